The number of hydrogen-bond acceptors (Lipinski definition) is 3. The molecule has 0 aliphatic heterocycles. The number of fused-ring (bicyclic) bond motifs is 2. The van der Waals surface area contributed by atoms with E-state index in [0.717, 1.165) is 24.2 Å². The number of aromatic nitrogens is 2. The van der Waals surface area contributed by atoms with Crippen LogP contribution in [0.1, 0.15) is 37.8 Å². The van der Waals surface area contributed by atoms with Crippen molar-refractivity contribution in [3.8, 4) is 0 Å². The summed E-state index contributed by atoms with van der Waals surface area (Å²) >= 11 is 0. The van der Waals surface area contributed by atoms with Crippen LogP contribution in [0.25, 0.3) is 0 Å². The largest absolute Gasteiger partial charge is 0.327 e. The number of nitrogens with two attached hydrogens (primary N) is 1. The Morgan fingerprint density at radius 3 is 2.52 bits per heavy atom. The third kappa shape index (κ3) is 3.09. The highest BCUT2D eigenvalue weighted by atomic mass is 35.5. The number of amides is 1. The molecule has 1 aromatic heterocycles. The highest BCUT2D eigenvalue weighted by Crippen LogP contribution is 2.42. The molecule has 21 heavy (non-hydrogen) atoms. The van der Waals surface area contributed by atoms with E-state index >= 15 is 0 Å². The number of halogens is 1. The maximum absolute atomic E-state index is 12.5. The number of anilines is 1. The summed E-state index contributed by atoms with van der Waals surface area (Å²) < 4.78 is 1.78. The van der Waals surface area contributed by atoms with Gasteiger partial charge in [0.2, 0.25) is 5.91 Å². The quantitative estimate of drug-likeness (QED) is 0.879. The van der Waals surface area contributed by atoms with Gasteiger partial charge >= 0.3 is 0 Å². The molecule has 0 spiro atoms. The summed E-state index contributed by atoms with van der Waals surface area (Å²) in [5.41, 5.74) is 8.10. The Kier molecular flexibility index (Phi) is 4.94. The molecule has 0 saturated heterocycles. The van der Waals surface area contributed by atoms with E-state index in [-0.39, 0.29) is 24.2 Å². The number of aryl methyl sites for hydroxylation is 1. The number of nitrogens with zero attached hydrogens (tertiary/aromatic N) is 2. The Morgan fingerprint density at radius 1 is 1.38 bits per heavy atom. The number of rotatable bonds is 2. The van der Waals surface area contributed by atoms with Gasteiger partial charge in [-0.15, -0.1) is 12.4 Å². The lowest BCUT2D eigenvalue weighted by molar-refractivity contribution is -0.122. The summed E-state index contributed by atoms with van der Waals surface area (Å²) in [6.45, 7) is 1.97. The predicted octanol–water partition coefficient (Wildman–Crippen LogP) is 2.24. The minimum atomic E-state index is 0. The molecule has 5 nitrogen and oxygen atoms in total. The van der Waals surface area contributed by atoms with E-state index in [4.69, 9.17) is 5.73 Å². The van der Waals surface area contributed by atoms with Crippen molar-refractivity contribution in [3.05, 3.63) is 11.9 Å². The van der Waals surface area contributed by atoms with Gasteiger partial charge in [0.1, 0.15) is 0 Å². The number of carbonyl (C=O) groups is 1. The van der Waals surface area contributed by atoms with E-state index < -0.39 is 0 Å². The number of carbonyl (C=O) groups excluding carboxylic acids is 1. The molecule has 2 aliphatic carbocycles. The Bertz CT molecular complexity index is 502. The molecule has 0 aromatic carbocycles. The molecular formula is C15H25ClN4O. The fraction of sp³-hybridized carbons (Fsp3) is 0.733. The van der Waals surface area contributed by atoms with Crippen molar-refractivity contribution in [1.82, 2.24) is 9.78 Å². The van der Waals surface area contributed by atoms with Gasteiger partial charge in [0.25, 0.3) is 0 Å². The minimum absolute atomic E-state index is 0. The Hall–Kier alpha value is -1.07. The van der Waals surface area contributed by atoms with Crippen LogP contribution in [0, 0.1) is 24.7 Å². The lowest BCUT2D eigenvalue weighted by Crippen LogP contribution is -2.48. The van der Waals surface area contributed by atoms with Crippen molar-refractivity contribution in [3.63, 3.8) is 0 Å². The molecule has 2 atom stereocenters. The SMILES string of the molecule is Cc1c(NC(=O)C2CC3CCCC(C2)C3N)cnn1C.Cl. The topological polar surface area (TPSA) is 72.9 Å². The van der Waals surface area contributed by atoms with E-state index in [1.807, 2.05) is 14.0 Å². The smallest absolute Gasteiger partial charge is 0.227 e. The van der Waals surface area contributed by atoms with Crippen molar-refractivity contribution in [2.24, 2.45) is 30.5 Å². The average molecular weight is 313 g/mol. The van der Waals surface area contributed by atoms with Gasteiger partial charge in [0.15, 0.2) is 0 Å². The lowest BCUT2D eigenvalue weighted by Gasteiger charge is -2.43. The first-order chi connectivity index (χ1) is 9.56. The van der Waals surface area contributed by atoms with Gasteiger partial charge in [-0.3, -0.25) is 9.48 Å². The molecule has 2 unspecified atom stereocenters. The summed E-state index contributed by atoms with van der Waals surface area (Å²) in [5, 5.41) is 7.21. The van der Waals surface area contributed by atoms with E-state index in [1.165, 1.54) is 19.3 Å². The summed E-state index contributed by atoms with van der Waals surface area (Å²) in [4.78, 5) is 12.5. The molecule has 2 saturated carbocycles. The standard InChI is InChI=1S/C15H24N4O.ClH/c1-9-13(8-17-19(9)2)18-15(20)12-6-10-4-3-5-11(7-12)14(10)16;/h8,10-12,14H,3-7,16H2,1-2H3,(H,18,20);1H. The molecule has 1 amide bonds. The molecular weight excluding hydrogens is 288 g/mol. The van der Waals surface area contributed by atoms with E-state index in [1.54, 1.807) is 10.9 Å². The molecule has 3 rings (SSSR count). The fourth-order valence-electron chi connectivity index (χ4n) is 3.86. The molecule has 1 aromatic rings. The van der Waals surface area contributed by atoms with Gasteiger partial charge in [-0.25, -0.2) is 0 Å². The molecule has 1 heterocycles. The molecule has 2 fully saturated rings. The number of hydrogen-bond donors (Lipinski definition) is 2. The average Bonchev–Trinajstić information content (AvgIpc) is 2.70. The van der Waals surface area contributed by atoms with Crippen LogP contribution in [0.3, 0.4) is 0 Å². The van der Waals surface area contributed by atoms with Crippen molar-refractivity contribution in [2.75, 3.05) is 5.32 Å². The van der Waals surface area contributed by atoms with Crippen LogP contribution >= 0.6 is 12.4 Å². The van der Waals surface area contributed by atoms with Crippen molar-refractivity contribution in [1.29, 1.82) is 0 Å². The zero-order chi connectivity index (χ0) is 14.3. The van der Waals surface area contributed by atoms with Crippen LogP contribution in [-0.4, -0.2) is 21.7 Å². The minimum Gasteiger partial charge on any atom is -0.327 e. The second-order valence-electron chi connectivity index (χ2n) is 6.45. The van der Waals surface area contributed by atoms with Crippen LogP contribution in [0.15, 0.2) is 6.20 Å². The highest BCUT2D eigenvalue weighted by Gasteiger charge is 2.40. The summed E-state index contributed by atoms with van der Waals surface area (Å²) in [5.74, 6) is 1.33. The molecule has 118 valence electrons. The third-order valence-corrected chi connectivity index (χ3v) is 5.28. The van der Waals surface area contributed by atoms with Gasteiger partial charge in [-0.05, 0) is 44.4 Å². The summed E-state index contributed by atoms with van der Waals surface area (Å²) in [6, 6.07) is 0.313. The van der Waals surface area contributed by atoms with Crippen molar-refractivity contribution >= 4 is 24.0 Å². The van der Waals surface area contributed by atoms with Gasteiger partial charge in [0, 0.05) is 19.0 Å². The first-order valence-corrected chi connectivity index (χ1v) is 7.61. The van der Waals surface area contributed by atoms with Crippen LogP contribution < -0.4 is 11.1 Å². The second kappa shape index (κ2) is 6.36. The van der Waals surface area contributed by atoms with Crippen LogP contribution in [0.5, 0.6) is 0 Å². The summed E-state index contributed by atoms with van der Waals surface area (Å²) in [7, 11) is 1.88. The molecule has 2 aliphatic rings. The first-order valence-electron chi connectivity index (χ1n) is 7.61. The maximum atomic E-state index is 12.5. The third-order valence-electron chi connectivity index (χ3n) is 5.28. The Morgan fingerprint density at radius 2 is 2.00 bits per heavy atom. The van der Waals surface area contributed by atoms with Crippen LogP contribution in [0.4, 0.5) is 5.69 Å². The Balaban J connectivity index is 0.00000161. The Labute approximate surface area is 132 Å². The van der Waals surface area contributed by atoms with Gasteiger partial charge in [0.05, 0.1) is 17.6 Å². The van der Waals surface area contributed by atoms with Crippen LogP contribution in [0.2, 0.25) is 0 Å². The molecule has 3 N–H and O–H groups in total. The van der Waals surface area contributed by atoms with E-state index in [9.17, 15) is 4.79 Å². The first kappa shape index (κ1) is 16.3. The monoisotopic (exact) mass is 312 g/mol. The van der Waals surface area contributed by atoms with Crippen molar-refractivity contribution in [2.45, 2.75) is 45.1 Å². The summed E-state index contributed by atoms with van der Waals surface area (Å²) in [6.07, 6.45) is 7.27. The zero-order valence-corrected chi connectivity index (χ0v) is 13.5. The predicted molar refractivity (Wildman–Crippen MR) is 85.4 cm³/mol. The number of nitrogens with one attached hydrogen (secondary N) is 1. The lowest BCUT2D eigenvalue weighted by atomic mass is 9.65. The van der Waals surface area contributed by atoms with Gasteiger partial charge in [-0.1, -0.05) is 6.42 Å². The molecule has 0 radical (unpaired) electrons. The highest BCUT2D eigenvalue weighted by molar-refractivity contribution is 5.93. The van der Waals surface area contributed by atoms with E-state index in [2.05, 4.69) is 10.4 Å². The molecule has 6 heteroatoms. The maximum Gasteiger partial charge on any atom is 0.227 e. The normalized spacial score (nSPS) is 31.4. The van der Waals surface area contributed by atoms with Gasteiger partial charge in [-0.2, -0.15) is 5.10 Å². The van der Waals surface area contributed by atoms with E-state index in [0.29, 0.717) is 17.9 Å². The van der Waals surface area contributed by atoms with Gasteiger partial charge < -0.3 is 11.1 Å². The fourth-order valence-corrected chi connectivity index (χ4v) is 3.86. The van der Waals surface area contributed by atoms with Crippen LogP contribution in [-0.2, 0) is 11.8 Å². The molecule has 2 bridgehead atoms. The second-order valence-corrected chi connectivity index (χ2v) is 6.45. The zero-order valence-electron chi connectivity index (χ0n) is 12.7. The van der Waals surface area contributed by atoms with Crippen molar-refractivity contribution < 1.29 is 4.79 Å².